The molecule has 1 aromatic heterocycles. The van der Waals surface area contributed by atoms with Crippen molar-refractivity contribution in [2.75, 3.05) is 18.5 Å². The van der Waals surface area contributed by atoms with Crippen molar-refractivity contribution >= 4 is 5.82 Å². The Hall–Kier alpha value is -1.87. The van der Waals surface area contributed by atoms with Gasteiger partial charge in [0.15, 0.2) is 0 Å². The molecule has 0 radical (unpaired) electrons. The molecule has 3 nitrogen and oxygen atoms in total. The Bertz CT molecular complexity index is 579. The van der Waals surface area contributed by atoms with Gasteiger partial charge in [0.25, 0.3) is 0 Å². The van der Waals surface area contributed by atoms with Crippen LogP contribution in [-0.2, 0) is 13.1 Å². The zero-order chi connectivity index (χ0) is 15.2. The molecular formula is C18H25N3. The maximum Gasteiger partial charge on any atom is 0.133 e. The van der Waals surface area contributed by atoms with Crippen molar-refractivity contribution in [3.05, 3.63) is 58.8 Å². The fourth-order valence-electron chi connectivity index (χ4n) is 2.64. The van der Waals surface area contributed by atoms with Crippen LogP contribution in [0.5, 0.6) is 0 Å². The van der Waals surface area contributed by atoms with E-state index in [2.05, 4.69) is 67.4 Å². The maximum atomic E-state index is 4.81. The molecule has 0 unspecified atom stereocenters. The van der Waals surface area contributed by atoms with Gasteiger partial charge in [-0.1, -0.05) is 30.3 Å². The lowest BCUT2D eigenvalue weighted by Crippen LogP contribution is -2.26. The molecule has 0 aliphatic carbocycles. The quantitative estimate of drug-likeness (QED) is 0.880. The molecule has 2 aromatic rings. The van der Waals surface area contributed by atoms with Crippen LogP contribution in [0, 0.1) is 13.8 Å². The summed E-state index contributed by atoms with van der Waals surface area (Å²) in [4.78, 5) is 7.16. The van der Waals surface area contributed by atoms with Crippen molar-refractivity contribution in [1.82, 2.24) is 10.3 Å². The summed E-state index contributed by atoms with van der Waals surface area (Å²) in [5.41, 5.74) is 4.99. The summed E-state index contributed by atoms with van der Waals surface area (Å²) in [6.07, 6.45) is 0. The number of hydrogen-bond donors (Lipinski definition) is 1. The van der Waals surface area contributed by atoms with E-state index in [1.54, 1.807) is 0 Å². The maximum absolute atomic E-state index is 4.81. The molecule has 0 saturated heterocycles. The van der Waals surface area contributed by atoms with E-state index in [0.717, 1.165) is 31.1 Å². The Labute approximate surface area is 128 Å². The van der Waals surface area contributed by atoms with E-state index in [1.165, 1.54) is 16.7 Å². The highest BCUT2D eigenvalue weighted by molar-refractivity contribution is 5.52. The van der Waals surface area contributed by atoms with E-state index >= 15 is 0 Å². The average Bonchev–Trinajstić information content (AvgIpc) is 2.48. The number of nitrogens with one attached hydrogen (secondary N) is 1. The van der Waals surface area contributed by atoms with E-state index in [9.17, 15) is 0 Å². The fourth-order valence-corrected chi connectivity index (χ4v) is 2.64. The predicted molar refractivity (Wildman–Crippen MR) is 89.6 cm³/mol. The van der Waals surface area contributed by atoms with Crippen LogP contribution in [0.1, 0.15) is 29.3 Å². The van der Waals surface area contributed by atoms with Crippen LogP contribution in [0.15, 0.2) is 36.4 Å². The zero-order valence-electron chi connectivity index (χ0n) is 13.5. The molecule has 0 aliphatic rings. The first-order valence-corrected chi connectivity index (χ1v) is 7.56. The van der Waals surface area contributed by atoms with Crippen LogP contribution in [-0.4, -0.2) is 18.6 Å². The largest absolute Gasteiger partial charge is 0.352 e. The van der Waals surface area contributed by atoms with Crippen LogP contribution in [0.25, 0.3) is 0 Å². The third kappa shape index (κ3) is 3.82. The van der Waals surface area contributed by atoms with E-state index in [-0.39, 0.29) is 0 Å². The summed E-state index contributed by atoms with van der Waals surface area (Å²) >= 11 is 0. The molecule has 0 saturated carbocycles. The number of aromatic nitrogens is 1. The van der Waals surface area contributed by atoms with E-state index in [0.29, 0.717) is 0 Å². The zero-order valence-corrected chi connectivity index (χ0v) is 13.5. The Morgan fingerprint density at radius 2 is 1.86 bits per heavy atom. The van der Waals surface area contributed by atoms with Crippen molar-refractivity contribution in [2.45, 2.75) is 33.9 Å². The Morgan fingerprint density at radius 1 is 1.14 bits per heavy atom. The molecular weight excluding hydrogens is 258 g/mol. The molecule has 0 amide bonds. The molecule has 0 spiro atoms. The number of nitrogens with zero attached hydrogens (tertiary/aromatic N) is 2. The highest BCUT2D eigenvalue weighted by Gasteiger charge is 2.14. The minimum atomic E-state index is 0.847. The fraction of sp³-hybridized carbons (Fsp3) is 0.389. The van der Waals surface area contributed by atoms with Crippen LogP contribution in [0.2, 0.25) is 0 Å². The topological polar surface area (TPSA) is 28.2 Å². The van der Waals surface area contributed by atoms with Gasteiger partial charge in [0, 0.05) is 30.9 Å². The van der Waals surface area contributed by atoms with Gasteiger partial charge in [0.1, 0.15) is 5.82 Å². The van der Waals surface area contributed by atoms with Crippen molar-refractivity contribution in [1.29, 1.82) is 0 Å². The number of rotatable bonds is 6. The summed E-state index contributed by atoms with van der Waals surface area (Å²) in [6, 6.07) is 12.7. The minimum absolute atomic E-state index is 0.847. The third-order valence-corrected chi connectivity index (χ3v) is 3.70. The molecule has 0 fully saturated rings. The Balaban J connectivity index is 2.37. The first-order valence-electron chi connectivity index (χ1n) is 7.56. The number of benzene rings is 1. The van der Waals surface area contributed by atoms with Crippen LogP contribution in [0.3, 0.4) is 0 Å². The van der Waals surface area contributed by atoms with Crippen molar-refractivity contribution in [3.8, 4) is 0 Å². The Morgan fingerprint density at radius 3 is 2.48 bits per heavy atom. The second-order valence-corrected chi connectivity index (χ2v) is 5.41. The standard InChI is InChI=1S/C18H25N3/c1-5-21(13-16-9-7-6-8-10-16)18-17(12-19-4)14(2)11-15(3)20-18/h6-11,19H,5,12-13H2,1-4H3. The summed E-state index contributed by atoms with van der Waals surface area (Å²) in [7, 11) is 1.98. The molecule has 1 aromatic carbocycles. The predicted octanol–water partition coefficient (Wildman–Crippen LogP) is 3.44. The van der Waals surface area contributed by atoms with Gasteiger partial charge in [-0.3, -0.25) is 0 Å². The van der Waals surface area contributed by atoms with E-state index < -0.39 is 0 Å². The van der Waals surface area contributed by atoms with Crippen LogP contribution in [0.4, 0.5) is 5.82 Å². The molecule has 1 heterocycles. The highest BCUT2D eigenvalue weighted by Crippen LogP contribution is 2.24. The summed E-state index contributed by atoms with van der Waals surface area (Å²) in [5, 5.41) is 3.26. The molecule has 112 valence electrons. The van der Waals surface area contributed by atoms with Gasteiger partial charge in [-0.05, 0) is 45.0 Å². The van der Waals surface area contributed by atoms with Gasteiger partial charge in [-0.25, -0.2) is 4.98 Å². The summed E-state index contributed by atoms with van der Waals surface area (Å²) < 4.78 is 0. The minimum Gasteiger partial charge on any atom is -0.352 e. The normalized spacial score (nSPS) is 10.7. The first kappa shape index (κ1) is 15.5. The summed E-state index contributed by atoms with van der Waals surface area (Å²) in [5.74, 6) is 1.10. The van der Waals surface area contributed by atoms with Gasteiger partial charge in [0.2, 0.25) is 0 Å². The highest BCUT2D eigenvalue weighted by atomic mass is 15.2. The van der Waals surface area contributed by atoms with Gasteiger partial charge in [-0.15, -0.1) is 0 Å². The Kier molecular flexibility index (Phi) is 5.34. The molecule has 0 bridgehead atoms. The van der Waals surface area contributed by atoms with Gasteiger partial charge < -0.3 is 10.2 Å². The number of pyridine rings is 1. The van der Waals surface area contributed by atoms with Gasteiger partial charge >= 0.3 is 0 Å². The second kappa shape index (κ2) is 7.23. The third-order valence-electron chi connectivity index (χ3n) is 3.70. The van der Waals surface area contributed by atoms with Crippen LogP contribution >= 0.6 is 0 Å². The number of hydrogen-bond acceptors (Lipinski definition) is 3. The first-order chi connectivity index (χ1) is 10.2. The lowest BCUT2D eigenvalue weighted by Gasteiger charge is -2.26. The van der Waals surface area contributed by atoms with E-state index in [4.69, 9.17) is 4.98 Å². The average molecular weight is 283 g/mol. The lowest BCUT2D eigenvalue weighted by atomic mass is 10.1. The molecule has 2 rings (SSSR count). The van der Waals surface area contributed by atoms with Crippen molar-refractivity contribution in [2.24, 2.45) is 0 Å². The lowest BCUT2D eigenvalue weighted by molar-refractivity contribution is 0.762. The number of aryl methyl sites for hydroxylation is 2. The summed E-state index contributed by atoms with van der Waals surface area (Å²) in [6.45, 7) is 9.11. The van der Waals surface area contributed by atoms with Gasteiger partial charge in [-0.2, -0.15) is 0 Å². The van der Waals surface area contributed by atoms with Crippen LogP contribution < -0.4 is 10.2 Å². The monoisotopic (exact) mass is 283 g/mol. The molecule has 0 atom stereocenters. The molecule has 3 heteroatoms. The number of anilines is 1. The van der Waals surface area contributed by atoms with Gasteiger partial charge in [0.05, 0.1) is 0 Å². The molecule has 21 heavy (non-hydrogen) atoms. The molecule has 1 N–H and O–H groups in total. The van der Waals surface area contributed by atoms with Crippen molar-refractivity contribution < 1.29 is 0 Å². The van der Waals surface area contributed by atoms with Crippen molar-refractivity contribution in [3.63, 3.8) is 0 Å². The SMILES string of the molecule is CCN(Cc1ccccc1)c1nc(C)cc(C)c1CNC. The smallest absolute Gasteiger partial charge is 0.133 e. The second-order valence-electron chi connectivity index (χ2n) is 5.41. The van der Waals surface area contributed by atoms with E-state index in [1.807, 2.05) is 7.05 Å². The molecule has 0 aliphatic heterocycles.